The second kappa shape index (κ2) is 16.0. The van der Waals surface area contributed by atoms with Crippen LogP contribution in [0.25, 0.3) is 0 Å². The van der Waals surface area contributed by atoms with Crippen molar-refractivity contribution in [3.8, 4) is 0 Å². The smallest absolute Gasteiger partial charge is 0.480 e. The summed E-state index contributed by atoms with van der Waals surface area (Å²) in [5, 5.41) is 31.0. The van der Waals surface area contributed by atoms with E-state index in [-0.39, 0.29) is 14.1 Å². The van der Waals surface area contributed by atoms with Gasteiger partial charge in [0.1, 0.15) is 6.04 Å². The van der Waals surface area contributed by atoms with Crippen molar-refractivity contribution >= 4 is 25.7 Å². The number of nitrogens with zero attached hydrogens (tertiary/aromatic N) is 1. The van der Waals surface area contributed by atoms with Gasteiger partial charge in [-0.2, -0.15) is 4.99 Å². The number of hydrogen-bond acceptors (Lipinski definition) is 7. The molecule has 0 aliphatic heterocycles. The molecular weight excluding hydrogens is 343 g/mol. The van der Waals surface area contributed by atoms with Gasteiger partial charge in [-0.25, -0.2) is 9.59 Å². The zero-order chi connectivity index (χ0) is 20.5. The van der Waals surface area contributed by atoms with Gasteiger partial charge in [0.05, 0.1) is 0 Å². The summed E-state index contributed by atoms with van der Waals surface area (Å²) in [6.07, 6.45) is 2.03. The molecule has 0 unspecified atom stereocenters. The second-order valence-electron chi connectivity index (χ2n) is 5.45. The quantitative estimate of drug-likeness (QED) is 0.254. The molecule has 26 heavy (non-hydrogen) atoms. The van der Waals surface area contributed by atoms with Gasteiger partial charge in [-0.05, 0) is 17.9 Å². The minimum atomic E-state index is -1.11. The summed E-state index contributed by atoms with van der Waals surface area (Å²) in [6.45, 7) is 3.89. The Kier molecular flexibility index (Phi) is 15.8. The number of nitrogens with two attached hydrogens (primary N) is 1. The Balaban J connectivity index is 0. The molecule has 0 aliphatic carbocycles. The third kappa shape index (κ3) is 15.0. The topological polar surface area (TPSA) is 171 Å². The number of rotatable bonds is 7. The zero-order valence-electron chi connectivity index (χ0n) is 14.6. The number of hydrogen-bond donors (Lipinski definition) is 5. The van der Waals surface area contributed by atoms with E-state index in [0.29, 0.717) is 12.3 Å². The fourth-order valence-corrected chi connectivity index (χ4v) is 1.70. The van der Waals surface area contributed by atoms with Gasteiger partial charge in [-0.15, -0.1) is 0 Å². The van der Waals surface area contributed by atoms with E-state index in [1.54, 1.807) is 24.3 Å². The van der Waals surface area contributed by atoms with Crippen LogP contribution in [0.1, 0.15) is 25.8 Å². The number of carboxylic acids is 2. The molecule has 0 amide bonds. The first-order valence-electron chi connectivity index (χ1n) is 7.61. The van der Waals surface area contributed by atoms with Crippen LogP contribution in [0.4, 0.5) is 0 Å². The Morgan fingerprint density at radius 2 is 1.65 bits per heavy atom. The van der Waals surface area contributed by atoms with E-state index in [0.717, 1.165) is 5.56 Å². The summed E-state index contributed by atoms with van der Waals surface area (Å²) in [7, 11) is 0. The number of isocyanates is 1. The van der Waals surface area contributed by atoms with Crippen molar-refractivity contribution in [2.75, 3.05) is 0 Å². The van der Waals surface area contributed by atoms with Gasteiger partial charge in [0.25, 0.3) is 0 Å². The Hall–Kier alpha value is -2.52. The largest absolute Gasteiger partial charge is 0.482 e. The van der Waals surface area contributed by atoms with Crippen LogP contribution in [0.2, 0.25) is 0 Å². The van der Waals surface area contributed by atoms with Crippen molar-refractivity contribution in [1.29, 1.82) is 0 Å². The number of carbonyl (C=O) groups is 2. The van der Waals surface area contributed by atoms with Crippen molar-refractivity contribution in [3.05, 3.63) is 35.9 Å². The van der Waals surface area contributed by atoms with Gasteiger partial charge in [0.15, 0.2) is 6.04 Å². The average molecular weight is 367 g/mol. The molecule has 0 saturated carbocycles. The number of benzene rings is 1. The molecule has 1 rings (SSSR count). The van der Waals surface area contributed by atoms with Crippen LogP contribution < -0.4 is 5.73 Å². The minimum Gasteiger partial charge on any atom is -0.480 e. The lowest BCUT2D eigenvalue weighted by Gasteiger charge is -2.07. The van der Waals surface area contributed by atoms with Crippen LogP contribution in [0, 0.1) is 5.92 Å². The Morgan fingerprint density at radius 1 is 1.15 bits per heavy atom. The molecule has 1 aromatic rings. The summed E-state index contributed by atoms with van der Waals surface area (Å²) in [5.41, 5.74) is 6.05. The minimum absolute atomic E-state index is 0. The van der Waals surface area contributed by atoms with Gasteiger partial charge < -0.3 is 26.0 Å². The average Bonchev–Trinajstić information content (AvgIpc) is 2.56. The van der Waals surface area contributed by atoms with Gasteiger partial charge in [-0.3, -0.25) is 4.79 Å². The van der Waals surface area contributed by atoms with E-state index < -0.39 is 24.0 Å². The molecule has 143 valence electrons. The fraction of sp³-hybridized carbons (Fsp3) is 0.438. The number of aliphatic imine (C=N–C) groups is 1. The third-order valence-corrected chi connectivity index (χ3v) is 2.81. The molecule has 1 aromatic carbocycles. The molecule has 0 spiro atoms. The molecule has 0 saturated heterocycles. The summed E-state index contributed by atoms with van der Waals surface area (Å²) in [5.74, 6) is -1.67. The number of carboxylic acid groups (broad SMARTS) is 2. The Morgan fingerprint density at radius 3 is 1.96 bits per heavy atom. The van der Waals surface area contributed by atoms with Crippen LogP contribution in [0.3, 0.4) is 0 Å². The Labute approximate surface area is 152 Å². The highest BCUT2D eigenvalue weighted by molar-refractivity contribution is 6.13. The zero-order valence-corrected chi connectivity index (χ0v) is 14.6. The molecule has 9 nitrogen and oxygen atoms in total. The standard InChI is InChI=1S/C10H9NO3.C6H13NO2.BH2O2/c12-7-11-9(10(13)14)6-8-4-2-1-3-5-8;1-4(2)3-5(7)6(8)9;2-1-3/h1-5,9H,6H2,(H,13,14);4-5H,3,7H2,1-2H3,(H,8,9);2-3H/t9-;5-;/m00./s1. The first-order valence-corrected chi connectivity index (χ1v) is 7.61. The molecule has 0 fully saturated rings. The van der Waals surface area contributed by atoms with E-state index >= 15 is 0 Å². The third-order valence-electron chi connectivity index (χ3n) is 2.81. The molecule has 0 aliphatic rings. The van der Waals surface area contributed by atoms with Crippen LogP contribution >= 0.6 is 0 Å². The number of aliphatic carboxylic acids is 2. The number of carbonyl (C=O) groups excluding carboxylic acids is 1. The van der Waals surface area contributed by atoms with Crippen LogP contribution in [-0.2, 0) is 20.8 Å². The second-order valence-corrected chi connectivity index (χ2v) is 5.45. The SMILES string of the molecule is CC(C)C[C@H](N)C(=O)O.O=C=N[C@@H](Cc1ccccc1)C(=O)O.O[B]O. The molecule has 10 heteroatoms. The summed E-state index contributed by atoms with van der Waals surface area (Å²) < 4.78 is 0. The van der Waals surface area contributed by atoms with Gasteiger partial charge in [0, 0.05) is 6.42 Å². The molecule has 1 radical (unpaired) electrons. The molecule has 2 atom stereocenters. The highest BCUT2D eigenvalue weighted by Crippen LogP contribution is 2.05. The monoisotopic (exact) mass is 367 g/mol. The highest BCUT2D eigenvalue weighted by Gasteiger charge is 2.16. The molecule has 0 bridgehead atoms. The summed E-state index contributed by atoms with van der Waals surface area (Å²) >= 11 is 0. The normalized spacial score (nSPS) is 11.5. The van der Waals surface area contributed by atoms with Gasteiger partial charge in [0.2, 0.25) is 6.08 Å². The van der Waals surface area contributed by atoms with Gasteiger partial charge in [-0.1, -0.05) is 44.2 Å². The first kappa shape index (κ1) is 25.7. The molecular formula is C16H24BN2O7. The molecule has 6 N–H and O–H groups in total. The van der Waals surface area contributed by atoms with E-state index in [4.69, 9.17) is 26.0 Å². The van der Waals surface area contributed by atoms with Crippen LogP contribution in [0.5, 0.6) is 0 Å². The Bertz CT molecular complexity index is 561. The lowest BCUT2D eigenvalue weighted by atomic mass is 10.1. The van der Waals surface area contributed by atoms with Crippen LogP contribution in [-0.4, -0.2) is 58.0 Å². The molecule has 0 aromatic heterocycles. The maximum Gasteiger partial charge on any atom is 0.482 e. The summed E-state index contributed by atoms with van der Waals surface area (Å²) in [6, 6.07) is 7.30. The molecule has 0 heterocycles. The van der Waals surface area contributed by atoms with E-state index in [2.05, 4.69) is 4.99 Å². The van der Waals surface area contributed by atoms with E-state index in [1.807, 2.05) is 19.9 Å². The predicted octanol–water partition coefficient (Wildman–Crippen LogP) is -0.0323. The lowest BCUT2D eigenvalue weighted by Crippen LogP contribution is -2.31. The lowest BCUT2D eigenvalue weighted by molar-refractivity contribution is -0.139. The first-order chi connectivity index (χ1) is 12.2. The van der Waals surface area contributed by atoms with Crippen molar-refractivity contribution in [2.45, 2.75) is 38.8 Å². The van der Waals surface area contributed by atoms with Crippen molar-refractivity contribution in [2.24, 2.45) is 16.6 Å². The van der Waals surface area contributed by atoms with E-state index in [9.17, 15) is 14.4 Å². The van der Waals surface area contributed by atoms with Crippen LogP contribution in [0.15, 0.2) is 35.3 Å². The summed E-state index contributed by atoms with van der Waals surface area (Å²) in [4.78, 5) is 33.9. The predicted molar refractivity (Wildman–Crippen MR) is 94.9 cm³/mol. The van der Waals surface area contributed by atoms with Crippen molar-refractivity contribution < 1.29 is 34.6 Å². The maximum absolute atomic E-state index is 10.6. The fourth-order valence-electron chi connectivity index (χ4n) is 1.70. The van der Waals surface area contributed by atoms with E-state index in [1.165, 1.54) is 6.08 Å². The van der Waals surface area contributed by atoms with Crippen molar-refractivity contribution in [3.63, 3.8) is 0 Å². The highest BCUT2D eigenvalue weighted by atomic mass is 16.4. The van der Waals surface area contributed by atoms with Crippen molar-refractivity contribution in [1.82, 2.24) is 0 Å². The maximum atomic E-state index is 10.6. The van der Waals surface area contributed by atoms with Gasteiger partial charge >= 0.3 is 19.6 Å².